The number of nitrogens with one attached hydrogen (secondary N) is 1. The second-order valence-electron chi connectivity index (χ2n) is 6.48. The number of benzene rings is 1. The lowest BCUT2D eigenvalue weighted by Crippen LogP contribution is -2.25. The first-order valence-electron chi connectivity index (χ1n) is 9.20. The smallest absolute Gasteiger partial charge is 0.417 e. The van der Waals surface area contributed by atoms with Crippen molar-refractivity contribution in [2.45, 2.75) is 25.1 Å². The molecule has 1 fully saturated rings. The Morgan fingerprint density at radius 2 is 2.00 bits per heavy atom. The van der Waals surface area contributed by atoms with Gasteiger partial charge in [0.05, 0.1) is 18.3 Å². The summed E-state index contributed by atoms with van der Waals surface area (Å²) in [6.45, 7) is 2.40. The van der Waals surface area contributed by atoms with Gasteiger partial charge in [0.2, 0.25) is 5.88 Å². The zero-order valence-electron chi connectivity index (χ0n) is 15.6. The van der Waals surface area contributed by atoms with Crippen LogP contribution in [-0.4, -0.2) is 43.4 Å². The number of rotatable bonds is 8. The highest BCUT2D eigenvalue weighted by Gasteiger charge is 2.30. The summed E-state index contributed by atoms with van der Waals surface area (Å²) >= 11 is 0. The van der Waals surface area contributed by atoms with Gasteiger partial charge in [0.25, 0.3) is 5.91 Å². The van der Waals surface area contributed by atoms with Crippen LogP contribution in [0.4, 0.5) is 13.2 Å². The second kappa shape index (κ2) is 9.71. The van der Waals surface area contributed by atoms with Crippen LogP contribution in [0.25, 0.3) is 0 Å². The SMILES string of the molecule is O=C(NCCCOC1CCOC1)c1ccc(Oc2ccc(C(F)(F)F)cn2)cc1. The average Bonchev–Trinajstić information content (AvgIpc) is 3.21. The monoisotopic (exact) mass is 410 g/mol. The number of nitrogens with zero attached hydrogens (tertiary/aromatic N) is 1. The molecule has 0 saturated carbocycles. The second-order valence-corrected chi connectivity index (χ2v) is 6.48. The Bertz CT molecular complexity index is 789. The Morgan fingerprint density at radius 1 is 1.21 bits per heavy atom. The lowest BCUT2D eigenvalue weighted by Gasteiger charge is -2.10. The minimum absolute atomic E-state index is 0.0304. The molecule has 9 heteroatoms. The van der Waals surface area contributed by atoms with Crippen LogP contribution in [0.3, 0.4) is 0 Å². The third kappa shape index (κ3) is 6.43. The number of ether oxygens (including phenoxy) is 3. The van der Waals surface area contributed by atoms with E-state index in [4.69, 9.17) is 14.2 Å². The van der Waals surface area contributed by atoms with Gasteiger partial charge in [-0.25, -0.2) is 4.98 Å². The molecule has 1 atom stereocenters. The first-order valence-corrected chi connectivity index (χ1v) is 9.20. The molecular weight excluding hydrogens is 389 g/mol. The summed E-state index contributed by atoms with van der Waals surface area (Å²) in [5, 5.41) is 2.80. The van der Waals surface area contributed by atoms with Crippen LogP contribution >= 0.6 is 0 Å². The van der Waals surface area contributed by atoms with E-state index in [1.54, 1.807) is 24.3 Å². The van der Waals surface area contributed by atoms with E-state index in [9.17, 15) is 18.0 Å². The van der Waals surface area contributed by atoms with E-state index in [1.165, 1.54) is 0 Å². The summed E-state index contributed by atoms with van der Waals surface area (Å²) in [5.74, 6) is 0.164. The Labute approximate surface area is 166 Å². The maximum atomic E-state index is 12.5. The van der Waals surface area contributed by atoms with Gasteiger partial charge in [-0.3, -0.25) is 4.79 Å². The van der Waals surface area contributed by atoms with Crippen molar-refractivity contribution in [3.05, 3.63) is 53.7 Å². The molecule has 1 aliphatic rings. The van der Waals surface area contributed by atoms with Crippen molar-refractivity contribution in [1.82, 2.24) is 10.3 Å². The molecule has 1 saturated heterocycles. The summed E-state index contributed by atoms with van der Waals surface area (Å²) < 4.78 is 53.9. The number of pyridine rings is 1. The van der Waals surface area contributed by atoms with Gasteiger partial charge in [0.1, 0.15) is 5.75 Å². The van der Waals surface area contributed by atoms with Crippen molar-refractivity contribution >= 4 is 5.91 Å². The fourth-order valence-electron chi connectivity index (χ4n) is 2.67. The van der Waals surface area contributed by atoms with E-state index in [-0.39, 0.29) is 17.9 Å². The molecule has 0 radical (unpaired) electrons. The van der Waals surface area contributed by atoms with Crippen molar-refractivity contribution in [2.24, 2.45) is 0 Å². The minimum Gasteiger partial charge on any atom is -0.439 e. The Balaban J connectivity index is 1.42. The number of halogens is 3. The topological polar surface area (TPSA) is 69.7 Å². The predicted molar refractivity (Wildman–Crippen MR) is 97.9 cm³/mol. The number of amides is 1. The van der Waals surface area contributed by atoms with Gasteiger partial charge in [-0.05, 0) is 43.2 Å². The molecule has 1 aliphatic heterocycles. The van der Waals surface area contributed by atoms with E-state index in [1.807, 2.05) is 0 Å². The molecule has 2 heterocycles. The predicted octanol–water partition coefficient (Wildman–Crippen LogP) is 3.82. The summed E-state index contributed by atoms with van der Waals surface area (Å²) in [5.41, 5.74) is -0.401. The molecule has 0 bridgehead atoms. The molecular formula is C20H21F3N2O4. The Kier molecular flexibility index (Phi) is 7.05. The molecule has 1 aromatic heterocycles. The van der Waals surface area contributed by atoms with Crippen LogP contribution < -0.4 is 10.1 Å². The quantitative estimate of drug-likeness (QED) is 0.670. The average molecular weight is 410 g/mol. The van der Waals surface area contributed by atoms with E-state index in [0.29, 0.717) is 43.7 Å². The standard InChI is InChI=1S/C20H21F3N2O4/c21-20(22,23)15-4-7-18(25-12-15)29-16-5-2-14(3-6-16)19(26)24-9-1-10-28-17-8-11-27-13-17/h2-7,12,17H,1,8-11,13H2,(H,24,26). The van der Waals surface area contributed by atoms with Crippen molar-refractivity contribution in [1.29, 1.82) is 0 Å². The summed E-state index contributed by atoms with van der Waals surface area (Å²) in [6, 6.07) is 8.29. The lowest BCUT2D eigenvalue weighted by molar-refractivity contribution is -0.137. The van der Waals surface area contributed by atoms with Crippen LogP contribution in [-0.2, 0) is 15.7 Å². The van der Waals surface area contributed by atoms with Crippen molar-refractivity contribution < 1.29 is 32.2 Å². The van der Waals surface area contributed by atoms with E-state index in [0.717, 1.165) is 25.2 Å². The molecule has 0 spiro atoms. The molecule has 0 aliphatic carbocycles. The summed E-state index contributed by atoms with van der Waals surface area (Å²) in [4.78, 5) is 15.8. The maximum absolute atomic E-state index is 12.5. The summed E-state index contributed by atoms with van der Waals surface area (Å²) in [7, 11) is 0. The number of aromatic nitrogens is 1. The normalized spacial score (nSPS) is 16.6. The molecule has 2 aromatic rings. The molecule has 29 heavy (non-hydrogen) atoms. The highest BCUT2D eigenvalue weighted by molar-refractivity contribution is 5.94. The van der Waals surface area contributed by atoms with E-state index in [2.05, 4.69) is 10.3 Å². The van der Waals surface area contributed by atoms with Gasteiger partial charge >= 0.3 is 6.18 Å². The van der Waals surface area contributed by atoms with Crippen LogP contribution in [0.5, 0.6) is 11.6 Å². The van der Waals surface area contributed by atoms with Gasteiger partial charge in [-0.1, -0.05) is 0 Å². The first kappa shape index (κ1) is 21.1. The van der Waals surface area contributed by atoms with E-state index >= 15 is 0 Å². The largest absolute Gasteiger partial charge is 0.439 e. The van der Waals surface area contributed by atoms with Crippen molar-refractivity contribution in [2.75, 3.05) is 26.4 Å². The number of carbonyl (C=O) groups is 1. The van der Waals surface area contributed by atoms with Gasteiger partial charge < -0.3 is 19.5 Å². The minimum atomic E-state index is -4.45. The fraction of sp³-hybridized carbons (Fsp3) is 0.400. The fourth-order valence-corrected chi connectivity index (χ4v) is 2.67. The van der Waals surface area contributed by atoms with Crippen LogP contribution in [0.2, 0.25) is 0 Å². The Morgan fingerprint density at radius 3 is 2.62 bits per heavy atom. The van der Waals surface area contributed by atoms with Gasteiger partial charge in [0, 0.05) is 37.6 Å². The first-order chi connectivity index (χ1) is 13.9. The van der Waals surface area contributed by atoms with Crippen molar-refractivity contribution in [3.8, 4) is 11.6 Å². The molecule has 6 nitrogen and oxygen atoms in total. The van der Waals surface area contributed by atoms with Gasteiger partial charge in [-0.15, -0.1) is 0 Å². The van der Waals surface area contributed by atoms with Crippen LogP contribution in [0.15, 0.2) is 42.6 Å². The number of carbonyl (C=O) groups excluding carboxylic acids is 1. The Hall–Kier alpha value is -2.65. The van der Waals surface area contributed by atoms with Gasteiger partial charge in [-0.2, -0.15) is 13.2 Å². The summed E-state index contributed by atoms with van der Waals surface area (Å²) in [6.07, 6.45) is -1.98. The third-order valence-electron chi connectivity index (χ3n) is 4.25. The molecule has 156 valence electrons. The van der Waals surface area contributed by atoms with Gasteiger partial charge in [0.15, 0.2) is 0 Å². The number of hydrogen-bond donors (Lipinski definition) is 1. The molecule has 1 amide bonds. The van der Waals surface area contributed by atoms with E-state index < -0.39 is 11.7 Å². The zero-order chi connectivity index (χ0) is 20.7. The van der Waals surface area contributed by atoms with Crippen LogP contribution in [0, 0.1) is 0 Å². The van der Waals surface area contributed by atoms with Crippen molar-refractivity contribution in [3.63, 3.8) is 0 Å². The highest BCUT2D eigenvalue weighted by atomic mass is 19.4. The van der Waals surface area contributed by atoms with Crippen LogP contribution in [0.1, 0.15) is 28.8 Å². The molecule has 1 N–H and O–H groups in total. The molecule has 3 rings (SSSR count). The lowest BCUT2D eigenvalue weighted by atomic mass is 10.2. The number of alkyl halides is 3. The third-order valence-corrected chi connectivity index (χ3v) is 4.25. The zero-order valence-corrected chi connectivity index (χ0v) is 15.6. The molecule has 1 unspecified atom stereocenters. The molecule has 1 aromatic carbocycles. The maximum Gasteiger partial charge on any atom is 0.417 e. The highest BCUT2D eigenvalue weighted by Crippen LogP contribution is 2.30. The number of hydrogen-bond acceptors (Lipinski definition) is 5.